The first-order valence-electron chi connectivity index (χ1n) is 9.97. The number of aliphatic hydroxyl groups is 2. The highest BCUT2D eigenvalue weighted by molar-refractivity contribution is 5.92. The molecule has 10 heteroatoms. The van der Waals surface area contributed by atoms with E-state index >= 15 is 0 Å². The van der Waals surface area contributed by atoms with Crippen molar-refractivity contribution in [3.05, 3.63) is 82.6 Å². The maximum absolute atomic E-state index is 13.0. The molecule has 0 aliphatic rings. The van der Waals surface area contributed by atoms with Gasteiger partial charge in [0.15, 0.2) is 5.65 Å². The molecule has 2 aromatic carbocycles. The van der Waals surface area contributed by atoms with E-state index in [2.05, 4.69) is 15.3 Å². The van der Waals surface area contributed by atoms with Gasteiger partial charge in [0, 0.05) is 17.0 Å². The molecule has 3 N–H and O–H groups in total. The molecular weight excluding hydrogens is 437 g/mol. The van der Waals surface area contributed by atoms with E-state index in [-0.39, 0.29) is 30.5 Å². The molecule has 0 amide bonds. The van der Waals surface area contributed by atoms with E-state index in [9.17, 15) is 28.2 Å². The van der Waals surface area contributed by atoms with Crippen molar-refractivity contribution in [1.82, 2.24) is 14.5 Å². The highest BCUT2D eigenvalue weighted by Gasteiger charge is 2.30. The Hall–Kier alpha value is -3.76. The first-order chi connectivity index (χ1) is 15.8. The smallest absolute Gasteiger partial charge is 0.394 e. The van der Waals surface area contributed by atoms with E-state index in [1.54, 1.807) is 6.07 Å². The molecule has 0 unspecified atom stereocenters. The fraction of sp³-hybridized carbons (Fsp3) is 0.174. The Morgan fingerprint density at radius 1 is 0.909 bits per heavy atom. The minimum absolute atomic E-state index is 0.0423. The Morgan fingerprint density at radius 3 is 2.18 bits per heavy atom. The molecule has 0 aliphatic heterocycles. The predicted molar refractivity (Wildman–Crippen MR) is 117 cm³/mol. The number of fused-ring (bicyclic) bond motifs is 1. The lowest BCUT2D eigenvalue weighted by molar-refractivity contribution is -0.137. The van der Waals surface area contributed by atoms with E-state index in [4.69, 9.17) is 0 Å². The molecule has 0 spiro atoms. The van der Waals surface area contributed by atoms with Gasteiger partial charge in [0.25, 0.3) is 5.56 Å². The van der Waals surface area contributed by atoms with Crippen molar-refractivity contribution in [3.8, 4) is 16.9 Å². The zero-order chi connectivity index (χ0) is 23.6. The van der Waals surface area contributed by atoms with E-state index in [0.29, 0.717) is 11.1 Å². The van der Waals surface area contributed by atoms with Crippen LogP contribution in [0.5, 0.6) is 0 Å². The van der Waals surface area contributed by atoms with Crippen LogP contribution in [0.1, 0.15) is 5.56 Å². The fourth-order valence-electron chi connectivity index (χ4n) is 3.38. The Kier molecular flexibility index (Phi) is 6.12. The molecule has 4 rings (SSSR count). The number of nitrogens with one attached hydrogen (secondary N) is 1. The molecule has 4 aromatic rings. The molecule has 2 aromatic heterocycles. The topological polar surface area (TPSA) is 100 Å². The number of halogens is 3. The van der Waals surface area contributed by atoms with E-state index in [0.717, 1.165) is 17.7 Å². The number of alkyl halides is 3. The van der Waals surface area contributed by atoms with E-state index in [1.165, 1.54) is 22.8 Å². The van der Waals surface area contributed by atoms with E-state index < -0.39 is 23.3 Å². The number of aromatic nitrogens is 3. The van der Waals surface area contributed by atoms with Gasteiger partial charge in [-0.3, -0.25) is 9.36 Å². The number of rotatable bonds is 6. The van der Waals surface area contributed by atoms with Crippen LogP contribution < -0.4 is 10.9 Å². The van der Waals surface area contributed by atoms with Crippen molar-refractivity contribution in [2.45, 2.75) is 12.2 Å². The quantitative estimate of drug-likeness (QED) is 0.412. The van der Waals surface area contributed by atoms with Crippen molar-refractivity contribution < 1.29 is 23.4 Å². The summed E-state index contributed by atoms with van der Waals surface area (Å²) in [5, 5.41) is 22.2. The lowest BCUT2D eigenvalue weighted by atomic mass is 10.1. The molecule has 0 saturated carbocycles. The van der Waals surface area contributed by atoms with Gasteiger partial charge in [-0.1, -0.05) is 30.3 Å². The van der Waals surface area contributed by atoms with E-state index in [1.807, 2.05) is 30.3 Å². The largest absolute Gasteiger partial charge is 0.416 e. The molecular formula is C23H19F3N4O3. The van der Waals surface area contributed by atoms with Crippen LogP contribution >= 0.6 is 0 Å². The Balaban J connectivity index is 1.97. The summed E-state index contributed by atoms with van der Waals surface area (Å²) in [5.74, 6) is 0.0423. The van der Waals surface area contributed by atoms with Crippen LogP contribution in [0.25, 0.3) is 28.0 Å². The maximum atomic E-state index is 13.0. The average molecular weight is 456 g/mol. The lowest BCUT2D eigenvalue weighted by Gasteiger charge is -2.17. The van der Waals surface area contributed by atoms with Gasteiger partial charge in [0.2, 0.25) is 5.95 Å². The van der Waals surface area contributed by atoms with Crippen LogP contribution in [-0.2, 0) is 6.18 Å². The summed E-state index contributed by atoms with van der Waals surface area (Å²) in [4.78, 5) is 21.7. The van der Waals surface area contributed by atoms with Gasteiger partial charge < -0.3 is 15.5 Å². The third-order valence-corrected chi connectivity index (χ3v) is 5.02. The molecule has 0 fully saturated rings. The number of benzene rings is 2. The van der Waals surface area contributed by atoms with Gasteiger partial charge in [0.05, 0.1) is 36.2 Å². The lowest BCUT2D eigenvalue weighted by Crippen LogP contribution is -2.29. The van der Waals surface area contributed by atoms with Crippen molar-refractivity contribution in [2.75, 3.05) is 18.5 Å². The Bertz CT molecular complexity index is 1320. The highest BCUT2D eigenvalue weighted by atomic mass is 19.4. The standard InChI is InChI=1S/C23H19F3N4O3/c24-23(25,26)15-6-8-17(9-7-15)30-19(33)11-10-18-20(14-4-2-1-3-5-14)28-22(29-21(18)30)27-16(12-31)13-32/h1-11,16,31-32H,12-13H2,(H,27,28,29). The molecule has 0 aliphatic carbocycles. The van der Waals surface area contributed by atoms with Gasteiger partial charge in [-0.25, -0.2) is 4.98 Å². The molecule has 2 heterocycles. The third-order valence-electron chi connectivity index (χ3n) is 5.02. The van der Waals surface area contributed by atoms with Crippen LogP contribution in [0.4, 0.5) is 19.1 Å². The van der Waals surface area contributed by atoms with Crippen LogP contribution in [0.15, 0.2) is 71.5 Å². The van der Waals surface area contributed by atoms with Crippen molar-refractivity contribution in [2.24, 2.45) is 0 Å². The molecule has 0 bridgehead atoms. The summed E-state index contributed by atoms with van der Waals surface area (Å²) in [7, 11) is 0. The summed E-state index contributed by atoms with van der Waals surface area (Å²) in [6.07, 6.45) is -4.51. The predicted octanol–water partition coefficient (Wildman–Crippen LogP) is 3.23. The maximum Gasteiger partial charge on any atom is 0.416 e. The molecule has 170 valence electrons. The fourth-order valence-corrected chi connectivity index (χ4v) is 3.38. The van der Waals surface area contributed by atoms with Crippen LogP contribution in [0.2, 0.25) is 0 Å². The SMILES string of the molecule is O=c1ccc2c(-c3ccccc3)nc(NC(CO)CO)nc2n1-c1ccc(C(F)(F)F)cc1. The third kappa shape index (κ3) is 4.57. The number of pyridine rings is 1. The van der Waals surface area contributed by atoms with Crippen molar-refractivity contribution in [3.63, 3.8) is 0 Å². The van der Waals surface area contributed by atoms with Crippen molar-refractivity contribution >= 4 is 17.0 Å². The van der Waals surface area contributed by atoms with Crippen molar-refractivity contribution in [1.29, 1.82) is 0 Å². The number of hydrogen-bond acceptors (Lipinski definition) is 6. The second-order valence-electron chi connectivity index (χ2n) is 7.26. The Labute approximate surface area is 185 Å². The normalized spacial score (nSPS) is 11.8. The monoisotopic (exact) mass is 456 g/mol. The van der Waals surface area contributed by atoms with Gasteiger partial charge in [-0.05, 0) is 30.3 Å². The van der Waals surface area contributed by atoms with Gasteiger partial charge in [-0.15, -0.1) is 0 Å². The van der Waals surface area contributed by atoms with Gasteiger partial charge >= 0.3 is 6.18 Å². The minimum Gasteiger partial charge on any atom is -0.394 e. The second-order valence-corrected chi connectivity index (χ2v) is 7.26. The first kappa shape index (κ1) is 22.4. The molecule has 0 radical (unpaired) electrons. The molecule has 0 saturated heterocycles. The van der Waals surface area contributed by atoms with Gasteiger partial charge in [-0.2, -0.15) is 18.2 Å². The van der Waals surface area contributed by atoms with Gasteiger partial charge in [0.1, 0.15) is 0 Å². The molecule has 0 atom stereocenters. The first-order valence-corrected chi connectivity index (χ1v) is 9.97. The van der Waals surface area contributed by atoms with Crippen LogP contribution in [0.3, 0.4) is 0 Å². The number of anilines is 1. The average Bonchev–Trinajstić information content (AvgIpc) is 2.82. The molecule has 7 nitrogen and oxygen atoms in total. The zero-order valence-corrected chi connectivity index (χ0v) is 17.1. The summed E-state index contributed by atoms with van der Waals surface area (Å²) in [6.45, 7) is -0.780. The minimum atomic E-state index is -4.51. The van der Waals surface area contributed by atoms with Crippen LogP contribution in [-0.4, -0.2) is 44.0 Å². The van der Waals surface area contributed by atoms with Crippen LogP contribution in [0, 0.1) is 0 Å². The highest BCUT2D eigenvalue weighted by Crippen LogP contribution is 2.31. The second kappa shape index (κ2) is 9.00. The summed E-state index contributed by atoms with van der Waals surface area (Å²) in [6, 6.07) is 15.4. The number of aliphatic hydroxyl groups excluding tert-OH is 2. The Morgan fingerprint density at radius 2 is 1.58 bits per heavy atom. The molecule has 33 heavy (non-hydrogen) atoms. The summed E-state index contributed by atoms with van der Waals surface area (Å²) >= 11 is 0. The summed E-state index contributed by atoms with van der Waals surface area (Å²) in [5.41, 5.74) is 0.215. The number of hydrogen-bond donors (Lipinski definition) is 3. The summed E-state index contributed by atoms with van der Waals surface area (Å²) < 4.78 is 40.2. The zero-order valence-electron chi connectivity index (χ0n) is 17.1. The number of nitrogens with zero attached hydrogens (tertiary/aromatic N) is 3.